The van der Waals surface area contributed by atoms with E-state index in [9.17, 15) is 0 Å². The minimum Gasteiger partial charge on any atom is -0.120 e. The molecular formula is C22H16. The lowest BCUT2D eigenvalue weighted by molar-refractivity contribution is 0.661. The van der Waals surface area contributed by atoms with E-state index in [0.717, 1.165) is 0 Å². The molecule has 0 aliphatic heterocycles. The topological polar surface area (TPSA) is 0 Å². The van der Waals surface area contributed by atoms with Gasteiger partial charge in [-0.2, -0.15) is 0 Å². The predicted octanol–water partition coefficient (Wildman–Crippen LogP) is 5.79. The van der Waals surface area contributed by atoms with Gasteiger partial charge in [-0.15, -0.1) is 5.73 Å². The van der Waals surface area contributed by atoms with Crippen LogP contribution in [-0.4, -0.2) is 0 Å². The molecule has 0 radical (unpaired) electrons. The minimum absolute atomic E-state index is 0.0557. The van der Waals surface area contributed by atoms with Gasteiger partial charge in [-0.05, 0) is 80.6 Å². The summed E-state index contributed by atoms with van der Waals surface area (Å²) in [5, 5.41) is 2.65. The summed E-state index contributed by atoms with van der Waals surface area (Å²) in [6.45, 7) is 4.68. The highest BCUT2D eigenvalue weighted by atomic mass is 14.4. The molecular weight excluding hydrogens is 264 g/mol. The van der Waals surface area contributed by atoms with Crippen LogP contribution in [0, 0.1) is 0 Å². The summed E-state index contributed by atoms with van der Waals surface area (Å²) < 4.78 is 0. The largest absolute Gasteiger partial charge is 0.120 e. The van der Waals surface area contributed by atoms with Crippen molar-refractivity contribution in [3.63, 3.8) is 0 Å². The first-order valence-corrected chi connectivity index (χ1v) is 7.79. The normalized spacial score (nSPS) is 15.9. The predicted molar refractivity (Wildman–Crippen MR) is 94.0 cm³/mol. The van der Waals surface area contributed by atoms with Gasteiger partial charge in [0.25, 0.3) is 0 Å². The van der Waals surface area contributed by atoms with E-state index in [0.29, 0.717) is 0 Å². The molecule has 0 N–H and O–H groups in total. The van der Waals surface area contributed by atoms with Crippen molar-refractivity contribution < 1.29 is 0 Å². The molecule has 2 aliphatic rings. The van der Waals surface area contributed by atoms with Gasteiger partial charge in [0, 0.05) is 5.41 Å². The molecule has 0 bridgehead atoms. The van der Waals surface area contributed by atoms with Crippen molar-refractivity contribution in [2.24, 2.45) is 0 Å². The molecule has 2 aliphatic carbocycles. The lowest BCUT2D eigenvalue weighted by Gasteiger charge is -2.22. The maximum absolute atomic E-state index is 3.22. The minimum atomic E-state index is 0.0557. The maximum atomic E-state index is 3.22. The van der Waals surface area contributed by atoms with E-state index in [2.05, 4.69) is 80.3 Å². The van der Waals surface area contributed by atoms with E-state index in [1.165, 1.54) is 44.2 Å². The molecule has 0 atom stereocenters. The average molecular weight is 280 g/mol. The van der Waals surface area contributed by atoms with Crippen molar-refractivity contribution in [2.45, 2.75) is 19.3 Å². The quantitative estimate of drug-likeness (QED) is 0.358. The smallest absolute Gasteiger partial charge is 0.0159 e. The lowest BCUT2D eigenvalue weighted by Crippen LogP contribution is -2.15. The molecule has 3 aromatic carbocycles. The Labute approximate surface area is 130 Å². The van der Waals surface area contributed by atoms with E-state index in [-0.39, 0.29) is 5.41 Å². The van der Waals surface area contributed by atoms with E-state index < -0.39 is 0 Å². The van der Waals surface area contributed by atoms with Gasteiger partial charge in [0.1, 0.15) is 0 Å². The van der Waals surface area contributed by atoms with Crippen LogP contribution < -0.4 is 0 Å². The second kappa shape index (κ2) is 3.80. The molecule has 0 amide bonds. The molecule has 0 heteroatoms. The van der Waals surface area contributed by atoms with E-state index >= 15 is 0 Å². The van der Waals surface area contributed by atoms with Crippen LogP contribution in [0.2, 0.25) is 0 Å². The molecule has 0 spiro atoms. The fourth-order valence-corrected chi connectivity index (χ4v) is 3.97. The van der Waals surface area contributed by atoms with Crippen LogP contribution in [0.1, 0.15) is 36.1 Å². The Morgan fingerprint density at radius 2 is 1.32 bits per heavy atom. The van der Waals surface area contributed by atoms with Crippen molar-refractivity contribution in [1.29, 1.82) is 0 Å². The Morgan fingerprint density at radius 3 is 2.09 bits per heavy atom. The zero-order valence-corrected chi connectivity index (χ0v) is 12.8. The summed E-state index contributed by atoms with van der Waals surface area (Å²) >= 11 is 0. The summed E-state index contributed by atoms with van der Waals surface area (Å²) in [4.78, 5) is 0. The van der Waals surface area contributed by atoms with E-state index in [1.807, 2.05) is 0 Å². The van der Waals surface area contributed by atoms with Crippen LogP contribution in [0.4, 0.5) is 0 Å². The number of benzene rings is 3. The molecule has 0 saturated heterocycles. The van der Waals surface area contributed by atoms with Crippen LogP contribution in [-0.2, 0) is 5.41 Å². The Balaban J connectivity index is 1.90. The summed E-state index contributed by atoms with van der Waals surface area (Å²) in [6, 6.07) is 18.1. The Hall–Kier alpha value is -2.56. The summed E-state index contributed by atoms with van der Waals surface area (Å²) in [6.07, 6.45) is 4.17. The van der Waals surface area contributed by atoms with Crippen molar-refractivity contribution in [1.82, 2.24) is 0 Å². The maximum Gasteiger partial charge on any atom is 0.0159 e. The first-order valence-electron chi connectivity index (χ1n) is 7.79. The molecule has 0 nitrogen and oxygen atoms in total. The molecule has 0 heterocycles. The van der Waals surface area contributed by atoms with Crippen molar-refractivity contribution in [3.05, 3.63) is 76.5 Å². The SMILES string of the molecule is CC1(C)c2cc3c(cc2-c2cc4ccccc4cc21)C=C=C3. The lowest BCUT2D eigenvalue weighted by atomic mass is 9.81. The van der Waals surface area contributed by atoms with Crippen LogP contribution >= 0.6 is 0 Å². The van der Waals surface area contributed by atoms with Crippen LogP contribution in [0.3, 0.4) is 0 Å². The third-order valence-electron chi connectivity index (χ3n) is 5.22. The molecule has 22 heavy (non-hydrogen) atoms. The Morgan fingerprint density at radius 1 is 0.727 bits per heavy atom. The fraction of sp³-hybridized carbons (Fsp3) is 0.136. The first-order chi connectivity index (χ1) is 10.6. The standard InChI is InChI=1S/C22H16/c1-22(2)20-12-16-7-4-3-6-14(16)10-18(20)19-11-15-8-5-9-17(15)13-21(19)22/h3-4,6-13H,1-2H3. The Kier molecular flexibility index (Phi) is 2.08. The van der Waals surface area contributed by atoms with Gasteiger partial charge in [-0.3, -0.25) is 0 Å². The first kappa shape index (κ1) is 12.0. The molecule has 104 valence electrons. The third kappa shape index (κ3) is 1.38. The van der Waals surface area contributed by atoms with Gasteiger partial charge in [0.05, 0.1) is 0 Å². The van der Waals surface area contributed by atoms with Crippen molar-refractivity contribution in [2.75, 3.05) is 0 Å². The van der Waals surface area contributed by atoms with Crippen molar-refractivity contribution >= 4 is 22.9 Å². The van der Waals surface area contributed by atoms with Crippen LogP contribution in [0.5, 0.6) is 0 Å². The van der Waals surface area contributed by atoms with Gasteiger partial charge in [-0.25, -0.2) is 0 Å². The average Bonchev–Trinajstić information content (AvgIpc) is 3.06. The molecule has 0 unspecified atom stereocenters. The summed E-state index contributed by atoms with van der Waals surface area (Å²) in [5.41, 5.74) is 11.5. The second-order valence-electron chi connectivity index (χ2n) is 6.85. The van der Waals surface area contributed by atoms with Crippen LogP contribution in [0.15, 0.2) is 54.3 Å². The molecule has 0 saturated carbocycles. The highest BCUT2D eigenvalue weighted by Crippen LogP contribution is 2.51. The molecule has 0 aromatic heterocycles. The highest BCUT2D eigenvalue weighted by molar-refractivity contribution is 5.94. The number of fused-ring (bicyclic) bond motifs is 5. The van der Waals surface area contributed by atoms with Gasteiger partial charge < -0.3 is 0 Å². The number of rotatable bonds is 0. The monoisotopic (exact) mass is 280 g/mol. The fourth-order valence-electron chi connectivity index (χ4n) is 3.97. The summed E-state index contributed by atoms with van der Waals surface area (Å²) in [5.74, 6) is 0. The molecule has 3 aromatic rings. The number of hydrogen-bond donors (Lipinski definition) is 0. The van der Waals surface area contributed by atoms with Gasteiger partial charge in [0.2, 0.25) is 0 Å². The van der Waals surface area contributed by atoms with Crippen LogP contribution in [0.25, 0.3) is 34.1 Å². The summed E-state index contributed by atoms with van der Waals surface area (Å²) in [7, 11) is 0. The van der Waals surface area contributed by atoms with Crippen molar-refractivity contribution in [3.8, 4) is 11.1 Å². The van der Waals surface area contributed by atoms with Gasteiger partial charge in [0.15, 0.2) is 0 Å². The zero-order chi connectivity index (χ0) is 14.9. The zero-order valence-electron chi connectivity index (χ0n) is 12.8. The second-order valence-corrected chi connectivity index (χ2v) is 6.85. The van der Waals surface area contributed by atoms with Gasteiger partial charge in [-0.1, -0.05) is 38.1 Å². The van der Waals surface area contributed by atoms with Gasteiger partial charge >= 0.3 is 0 Å². The highest BCUT2D eigenvalue weighted by Gasteiger charge is 2.36. The molecule has 0 fully saturated rings. The Bertz CT molecular complexity index is 1030. The number of hydrogen-bond acceptors (Lipinski definition) is 0. The third-order valence-corrected chi connectivity index (χ3v) is 5.22. The molecule has 5 rings (SSSR count). The van der Waals surface area contributed by atoms with E-state index in [4.69, 9.17) is 0 Å². The van der Waals surface area contributed by atoms with E-state index in [1.54, 1.807) is 0 Å².